The second-order valence-corrected chi connectivity index (χ2v) is 22.2. The maximum atomic E-state index is 14.7. The number of aliphatic carboxylic acids is 1. The molecule has 0 aromatic rings. The summed E-state index contributed by atoms with van der Waals surface area (Å²) in [6, 6.07) is 0.0385. The Morgan fingerprint density at radius 2 is 1.51 bits per heavy atom. The SMILES string of the molecule is CC(C)(CC(=O)O[C@H]1CC[C@@]2(C)C(CC[C@]3(C)C2CCC2C4CCC[C@]4(C(=O)NC4CC(C=O)(CN5CCCC5)C4(C)C)CC[C@]23C)C1(C)C)C(=O)O. The Bertz CT molecular complexity index is 1500. The first-order chi connectivity index (χ1) is 24.6. The van der Waals surface area contributed by atoms with E-state index in [4.69, 9.17) is 4.74 Å². The molecule has 1 saturated heterocycles. The third-order valence-corrected chi connectivity index (χ3v) is 19.1. The van der Waals surface area contributed by atoms with Crippen molar-refractivity contribution in [3.8, 4) is 0 Å². The first kappa shape index (κ1) is 39.3. The summed E-state index contributed by atoms with van der Waals surface area (Å²) in [7, 11) is 0. The fraction of sp³-hybridized carbons (Fsp3) is 0.911. The fourth-order valence-corrected chi connectivity index (χ4v) is 15.3. The van der Waals surface area contributed by atoms with Gasteiger partial charge in [-0.05, 0) is 156 Å². The molecule has 7 rings (SSSR count). The number of carboxylic acids is 1. The Morgan fingerprint density at radius 3 is 2.15 bits per heavy atom. The zero-order valence-electron chi connectivity index (χ0n) is 34.7. The van der Waals surface area contributed by atoms with Crippen molar-refractivity contribution in [2.24, 2.45) is 67.0 Å². The molecule has 7 aliphatic rings. The number of rotatable bonds is 9. The number of hydrogen-bond donors (Lipinski definition) is 2. The summed E-state index contributed by atoms with van der Waals surface area (Å²) in [6.45, 7) is 23.0. The molecule has 6 unspecified atom stereocenters. The van der Waals surface area contributed by atoms with E-state index in [-0.39, 0.29) is 62.4 Å². The summed E-state index contributed by atoms with van der Waals surface area (Å²) in [6.07, 6.45) is 15.9. The van der Waals surface area contributed by atoms with E-state index in [9.17, 15) is 24.3 Å². The van der Waals surface area contributed by atoms with Crippen LogP contribution in [-0.2, 0) is 23.9 Å². The van der Waals surface area contributed by atoms with Crippen LogP contribution in [0.1, 0.15) is 159 Å². The summed E-state index contributed by atoms with van der Waals surface area (Å²) in [5.74, 6) is 0.844. The molecule has 0 radical (unpaired) electrons. The van der Waals surface area contributed by atoms with Crippen LogP contribution in [0.5, 0.6) is 0 Å². The Hall–Kier alpha value is -1.96. The highest BCUT2D eigenvalue weighted by atomic mass is 16.5. The van der Waals surface area contributed by atoms with Crippen molar-refractivity contribution < 1.29 is 29.0 Å². The van der Waals surface area contributed by atoms with Gasteiger partial charge in [0.15, 0.2) is 0 Å². The zero-order chi connectivity index (χ0) is 38.6. The predicted octanol–water partition coefficient (Wildman–Crippen LogP) is 8.45. The molecule has 0 aromatic heterocycles. The number of nitrogens with one attached hydrogen (secondary N) is 1. The van der Waals surface area contributed by atoms with Gasteiger partial charge in [0, 0.05) is 23.4 Å². The number of likely N-dealkylation sites (tertiary alicyclic amines) is 1. The van der Waals surface area contributed by atoms with Gasteiger partial charge in [-0.15, -0.1) is 0 Å². The van der Waals surface area contributed by atoms with Crippen molar-refractivity contribution in [2.45, 2.75) is 171 Å². The highest BCUT2D eigenvalue weighted by molar-refractivity contribution is 5.84. The van der Waals surface area contributed by atoms with Crippen LogP contribution in [0.15, 0.2) is 0 Å². The lowest BCUT2D eigenvalue weighted by molar-refractivity contribution is -0.248. The van der Waals surface area contributed by atoms with Crippen LogP contribution in [-0.4, -0.2) is 65.9 Å². The minimum absolute atomic E-state index is 0.0385. The van der Waals surface area contributed by atoms with E-state index < -0.39 is 17.4 Å². The minimum atomic E-state index is -1.15. The third kappa shape index (κ3) is 5.57. The van der Waals surface area contributed by atoms with Crippen LogP contribution in [0.2, 0.25) is 0 Å². The van der Waals surface area contributed by atoms with Crippen molar-refractivity contribution in [3.63, 3.8) is 0 Å². The van der Waals surface area contributed by atoms with Gasteiger partial charge in [-0.1, -0.05) is 54.9 Å². The van der Waals surface area contributed by atoms with Gasteiger partial charge in [0.1, 0.15) is 12.4 Å². The van der Waals surface area contributed by atoms with Crippen LogP contribution < -0.4 is 5.32 Å². The fourth-order valence-electron chi connectivity index (χ4n) is 15.3. The van der Waals surface area contributed by atoms with E-state index in [0.717, 1.165) is 83.8 Å². The number of ether oxygens (including phenoxy) is 1. The Morgan fingerprint density at radius 1 is 0.811 bits per heavy atom. The number of amides is 1. The molecule has 0 spiro atoms. The molecular formula is C45H72N2O6. The largest absolute Gasteiger partial charge is 0.481 e. The van der Waals surface area contributed by atoms with Crippen molar-refractivity contribution >= 4 is 24.1 Å². The van der Waals surface area contributed by atoms with E-state index in [1.807, 2.05) is 0 Å². The van der Waals surface area contributed by atoms with Gasteiger partial charge >= 0.3 is 11.9 Å². The molecule has 6 saturated carbocycles. The Balaban J connectivity index is 1.06. The Kier molecular flexibility index (Phi) is 9.47. The molecule has 53 heavy (non-hydrogen) atoms. The summed E-state index contributed by atoms with van der Waals surface area (Å²) < 4.78 is 6.17. The molecule has 7 fully saturated rings. The lowest BCUT2D eigenvalue weighted by Crippen LogP contribution is -2.70. The summed E-state index contributed by atoms with van der Waals surface area (Å²) in [4.78, 5) is 54.7. The van der Waals surface area contributed by atoms with Gasteiger partial charge in [-0.25, -0.2) is 0 Å². The summed E-state index contributed by atoms with van der Waals surface area (Å²) in [5.41, 5.74) is -1.83. The molecule has 0 aromatic carbocycles. The topological polar surface area (TPSA) is 113 Å². The number of fused-ring (bicyclic) bond motifs is 7. The molecule has 6 aliphatic carbocycles. The number of hydrogen-bond acceptors (Lipinski definition) is 6. The van der Waals surface area contributed by atoms with Crippen molar-refractivity contribution in [1.82, 2.24) is 10.2 Å². The predicted molar refractivity (Wildman–Crippen MR) is 206 cm³/mol. The van der Waals surface area contributed by atoms with E-state index in [2.05, 4.69) is 58.7 Å². The van der Waals surface area contributed by atoms with E-state index in [1.165, 1.54) is 32.0 Å². The smallest absolute Gasteiger partial charge is 0.309 e. The Labute approximate surface area is 320 Å². The number of esters is 1. The van der Waals surface area contributed by atoms with Crippen LogP contribution >= 0.6 is 0 Å². The third-order valence-electron chi connectivity index (χ3n) is 19.1. The highest BCUT2D eigenvalue weighted by Gasteiger charge is 2.71. The van der Waals surface area contributed by atoms with Crippen LogP contribution in [0, 0.1) is 67.0 Å². The lowest BCUT2D eigenvalue weighted by atomic mass is 9.32. The monoisotopic (exact) mass is 737 g/mol. The average molecular weight is 737 g/mol. The molecule has 2 N–H and O–H groups in total. The number of carbonyl (C=O) groups excluding carboxylic acids is 3. The van der Waals surface area contributed by atoms with Crippen LogP contribution in [0.25, 0.3) is 0 Å². The van der Waals surface area contributed by atoms with Gasteiger partial charge in [0.2, 0.25) is 5.91 Å². The number of aldehydes is 1. The normalized spacial score (nSPS) is 45.8. The molecule has 11 atom stereocenters. The maximum Gasteiger partial charge on any atom is 0.309 e. The van der Waals surface area contributed by atoms with Gasteiger partial charge < -0.3 is 24.9 Å². The molecule has 8 nitrogen and oxygen atoms in total. The number of carboxylic acid groups (broad SMARTS) is 1. The highest BCUT2D eigenvalue weighted by Crippen LogP contribution is 2.77. The molecule has 1 heterocycles. The molecule has 8 heteroatoms. The molecule has 298 valence electrons. The van der Waals surface area contributed by atoms with E-state index >= 15 is 0 Å². The second-order valence-electron chi connectivity index (χ2n) is 22.2. The zero-order valence-corrected chi connectivity index (χ0v) is 34.7. The second kappa shape index (κ2) is 12.8. The summed E-state index contributed by atoms with van der Waals surface area (Å²) in [5, 5.41) is 13.2. The van der Waals surface area contributed by atoms with Gasteiger partial charge in [-0.2, -0.15) is 0 Å². The van der Waals surface area contributed by atoms with Gasteiger partial charge in [0.05, 0.1) is 17.3 Å². The minimum Gasteiger partial charge on any atom is -0.481 e. The molecule has 1 amide bonds. The maximum absolute atomic E-state index is 14.7. The first-order valence-electron chi connectivity index (χ1n) is 21.6. The van der Waals surface area contributed by atoms with Crippen molar-refractivity contribution in [2.75, 3.05) is 19.6 Å². The number of nitrogens with zero attached hydrogens (tertiary/aromatic N) is 1. The molecule has 0 bridgehead atoms. The van der Waals surface area contributed by atoms with E-state index in [0.29, 0.717) is 23.7 Å². The first-order valence-corrected chi connectivity index (χ1v) is 21.6. The van der Waals surface area contributed by atoms with E-state index in [1.54, 1.807) is 13.8 Å². The number of carbonyl (C=O) groups is 4. The van der Waals surface area contributed by atoms with Crippen LogP contribution in [0.4, 0.5) is 0 Å². The van der Waals surface area contributed by atoms with Crippen molar-refractivity contribution in [1.29, 1.82) is 0 Å². The van der Waals surface area contributed by atoms with Gasteiger partial charge in [0.25, 0.3) is 0 Å². The summed E-state index contributed by atoms with van der Waals surface area (Å²) >= 11 is 0. The quantitative estimate of drug-likeness (QED) is 0.181. The van der Waals surface area contributed by atoms with Gasteiger partial charge in [-0.3, -0.25) is 14.4 Å². The standard InChI is InChI=1S/C45H72N2O6/c1-38(2,37(51)52)26-35(49)53-34-17-19-41(7)31(39(34,3)4)16-20-43(9)32(41)15-14-29-30-13-12-18-45(30,22-21-42(29,43)8)36(50)46-33-25-44(28-48,40(33,5)6)27-47-23-10-11-24-47/h28-34H,10-27H2,1-9H3,(H,46,50)(H,51,52)/t29?,30?,31?,32?,33?,34-,41-,42+,43+,44?,45-/m0/s1. The molecule has 1 aliphatic heterocycles. The van der Waals surface area contributed by atoms with Crippen molar-refractivity contribution in [3.05, 3.63) is 0 Å². The molecular weight excluding hydrogens is 665 g/mol. The van der Waals surface area contributed by atoms with Crippen LogP contribution in [0.3, 0.4) is 0 Å². The average Bonchev–Trinajstić information content (AvgIpc) is 3.76. The lowest BCUT2D eigenvalue weighted by Gasteiger charge is -2.72.